The molecule has 0 radical (unpaired) electrons. The van der Waals surface area contributed by atoms with Gasteiger partial charge in [0.1, 0.15) is 11.5 Å². The van der Waals surface area contributed by atoms with Crippen molar-refractivity contribution >= 4 is 11.7 Å². The molecule has 0 aliphatic heterocycles. The molecule has 0 fully saturated rings. The lowest BCUT2D eigenvalue weighted by Crippen LogP contribution is -2.30. The van der Waals surface area contributed by atoms with Gasteiger partial charge in [0.25, 0.3) is 5.91 Å². The van der Waals surface area contributed by atoms with Gasteiger partial charge in [0.2, 0.25) is 0 Å². The van der Waals surface area contributed by atoms with E-state index in [0.717, 1.165) is 6.42 Å². The Bertz CT molecular complexity index is 575. The molecule has 0 aliphatic carbocycles. The van der Waals surface area contributed by atoms with E-state index in [1.165, 1.54) is 5.56 Å². The van der Waals surface area contributed by atoms with Gasteiger partial charge in [-0.25, -0.2) is 0 Å². The second kappa shape index (κ2) is 6.23. The maximum absolute atomic E-state index is 11.9. The lowest BCUT2D eigenvalue weighted by Gasteiger charge is -2.13. The number of rotatable bonds is 5. The van der Waals surface area contributed by atoms with Crippen LogP contribution in [0, 0.1) is 6.92 Å². The number of carbonyl (C=O) groups excluding carboxylic acids is 1. The Morgan fingerprint density at radius 1 is 1.40 bits per heavy atom. The van der Waals surface area contributed by atoms with Crippen molar-refractivity contribution in [1.82, 2.24) is 5.16 Å². The molecule has 0 saturated heterocycles. The highest BCUT2D eigenvalue weighted by atomic mass is 16.5. The molecule has 5 nitrogen and oxygen atoms in total. The number of hydrogen-bond acceptors (Lipinski definition) is 4. The summed E-state index contributed by atoms with van der Waals surface area (Å²) in [7, 11) is 0. The number of aromatic nitrogens is 1. The summed E-state index contributed by atoms with van der Waals surface area (Å²) in [5.41, 5.74) is 1.23. The third-order valence-electron chi connectivity index (χ3n) is 2.89. The molecule has 0 bridgehead atoms. The summed E-state index contributed by atoms with van der Waals surface area (Å²) in [6.07, 6.45) is 0.362. The quantitative estimate of drug-likeness (QED) is 0.910. The van der Waals surface area contributed by atoms with E-state index in [1.807, 2.05) is 24.3 Å². The van der Waals surface area contributed by atoms with Crippen molar-refractivity contribution in [3.8, 4) is 5.75 Å². The summed E-state index contributed by atoms with van der Waals surface area (Å²) < 4.78 is 10.5. The van der Waals surface area contributed by atoms with Crippen molar-refractivity contribution in [3.05, 3.63) is 41.7 Å². The molecule has 2 rings (SSSR count). The standard InChI is InChI=1S/C15H18N2O3/c1-4-12-5-7-13(8-6-12)19-11(3)15(18)16-14-9-10(2)20-17-14/h5-9,11H,4H2,1-3H3,(H,16,17,18)/t11-/m1/s1. The molecule has 1 heterocycles. The number of aryl methyl sites for hydroxylation is 2. The van der Waals surface area contributed by atoms with Crippen LogP contribution in [0.15, 0.2) is 34.9 Å². The number of nitrogens with zero attached hydrogens (tertiary/aromatic N) is 1. The van der Waals surface area contributed by atoms with E-state index in [2.05, 4.69) is 17.4 Å². The van der Waals surface area contributed by atoms with Crippen molar-refractivity contribution in [2.75, 3.05) is 5.32 Å². The van der Waals surface area contributed by atoms with E-state index < -0.39 is 6.10 Å². The van der Waals surface area contributed by atoms with Gasteiger partial charge in [-0.3, -0.25) is 4.79 Å². The van der Waals surface area contributed by atoms with Gasteiger partial charge in [0.15, 0.2) is 11.9 Å². The van der Waals surface area contributed by atoms with Gasteiger partial charge >= 0.3 is 0 Å². The zero-order valence-corrected chi connectivity index (χ0v) is 11.8. The lowest BCUT2D eigenvalue weighted by atomic mass is 10.2. The third kappa shape index (κ3) is 3.60. The van der Waals surface area contributed by atoms with E-state index in [-0.39, 0.29) is 5.91 Å². The highest BCUT2D eigenvalue weighted by Gasteiger charge is 2.16. The number of hydrogen-bond donors (Lipinski definition) is 1. The van der Waals surface area contributed by atoms with Crippen LogP contribution in [0.1, 0.15) is 25.2 Å². The van der Waals surface area contributed by atoms with Crippen LogP contribution >= 0.6 is 0 Å². The van der Waals surface area contributed by atoms with Crippen LogP contribution in [0.5, 0.6) is 5.75 Å². The molecule has 1 amide bonds. The van der Waals surface area contributed by atoms with Crippen LogP contribution in [-0.4, -0.2) is 17.2 Å². The van der Waals surface area contributed by atoms with E-state index in [0.29, 0.717) is 17.3 Å². The smallest absolute Gasteiger partial charge is 0.266 e. The van der Waals surface area contributed by atoms with Gasteiger partial charge in [-0.05, 0) is 38.0 Å². The molecule has 0 unspecified atom stereocenters. The maximum Gasteiger partial charge on any atom is 0.266 e. The van der Waals surface area contributed by atoms with Crippen molar-refractivity contribution in [2.45, 2.75) is 33.3 Å². The van der Waals surface area contributed by atoms with Crippen LogP contribution in [0.2, 0.25) is 0 Å². The molecule has 0 aliphatic rings. The summed E-state index contributed by atoms with van der Waals surface area (Å²) in [5.74, 6) is 1.44. The molecule has 2 aromatic rings. The topological polar surface area (TPSA) is 64.4 Å². The van der Waals surface area contributed by atoms with Crippen molar-refractivity contribution in [1.29, 1.82) is 0 Å². The second-order valence-corrected chi connectivity index (χ2v) is 4.57. The average molecular weight is 274 g/mol. The lowest BCUT2D eigenvalue weighted by molar-refractivity contribution is -0.122. The van der Waals surface area contributed by atoms with Crippen LogP contribution in [0.3, 0.4) is 0 Å². The largest absolute Gasteiger partial charge is 0.481 e. The van der Waals surface area contributed by atoms with Gasteiger partial charge in [-0.2, -0.15) is 0 Å². The van der Waals surface area contributed by atoms with Crippen molar-refractivity contribution in [3.63, 3.8) is 0 Å². The number of nitrogens with one attached hydrogen (secondary N) is 1. The fraction of sp³-hybridized carbons (Fsp3) is 0.333. The van der Waals surface area contributed by atoms with E-state index in [1.54, 1.807) is 19.9 Å². The predicted molar refractivity (Wildman–Crippen MR) is 75.8 cm³/mol. The molecule has 106 valence electrons. The number of anilines is 1. The fourth-order valence-corrected chi connectivity index (χ4v) is 1.71. The summed E-state index contributed by atoms with van der Waals surface area (Å²) in [6.45, 7) is 5.54. The third-order valence-corrected chi connectivity index (χ3v) is 2.89. The first-order valence-corrected chi connectivity index (χ1v) is 6.58. The van der Waals surface area contributed by atoms with Gasteiger partial charge in [0.05, 0.1) is 0 Å². The van der Waals surface area contributed by atoms with Crippen LogP contribution < -0.4 is 10.1 Å². The number of carbonyl (C=O) groups is 1. The second-order valence-electron chi connectivity index (χ2n) is 4.57. The zero-order valence-electron chi connectivity index (χ0n) is 11.8. The SMILES string of the molecule is CCc1ccc(O[C@H](C)C(=O)Nc2cc(C)on2)cc1. The molecule has 1 aromatic carbocycles. The fourth-order valence-electron chi connectivity index (χ4n) is 1.71. The first-order valence-electron chi connectivity index (χ1n) is 6.58. The van der Waals surface area contributed by atoms with Gasteiger partial charge in [-0.1, -0.05) is 24.2 Å². The summed E-state index contributed by atoms with van der Waals surface area (Å²) in [5, 5.41) is 6.34. The maximum atomic E-state index is 11.9. The Labute approximate surface area is 117 Å². The Morgan fingerprint density at radius 2 is 2.10 bits per heavy atom. The van der Waals surface area contributed by atoms with Gasteiger partial charge in [0, 0.05) is 6.07 Å². The number of benzene rings is 1. The van der Waals surface area contributed by atoms with Crippen molar-refractivity contribution < 1.29 is 14.1 Å². The Hall–Kier alpha value is -2.30. The molecule has 1 aromatic heterocycles. The summed E-state index contributed by atoms with van der Waals surface area (Å²) >= 11 is 0. The Morgan fingerprint density at radius 3 is 2.65 bits per heavy atom. The number of amides is 1. The summed E-state index contributed by atoms with van der Waals surface area (Å²) in [6, 6.07) is 9.36. The first-order chi connectivity index (χ1) is 9.58. The average Bonchev–Trinajstić information content (AvgIpc) is 2.85. The normalized spacial score (nSPS) is 11.9. The molecule has 0 spiro atoms. The van der Waals surface area contributed by atoms with Crippen LogP contribution in [-0.2, 0) is 11.2 Å². The monoisotopic (exact) mass is 274 g/mol. The molecule has 1 atom stereocenters. The minimum absolute atomic E-state index is 0.266. The molecule has 20 heavy (non-hydrogen) atoms. The van der Waals surface area contributed by atoms with E-state index in [9.17, 15) is 4.79 Å². The van der Waals surface area contributed by atoms with Crippen LogP contribution in [0.25, 0.3) is 0 Å². The minimum Gasteiger partial charge on any atom is -0.481 e. The number of ether oxygens (including phenoxy) is 1. The minimum atomic E-state index is -0.612. The van der Waals surface area contributed by atoms with Gasteiger partial charge in [-0.15, -0.1) is 0 Å². The highest BCUT2D eigenvalue weighted by molar-refractivity contribution is 5.93. The molecule has 1 N–H and O–H groups in total. The first kappa shape index (κ1) is 14.1. The zero-order chi connectivity index (χ0) is 14.5. The van der Waals surface area contributed by atoms with Crippen LogP contribution in [0.4, 0.5) is 5.82 Å². The van der Waals surface area contributed by atoms with Gasteiger partial charge < -0.3 is 14.6 Å². The molecule has 5 heteroatoms. The van der Waals surface area contributed by atoms with Crippen molar-refractivity contribution in [2.24, 2.45) is 0 Å². The Kier molecular flexibility index (Phi) is 4.40. The van der Waals surface area contributed by atoms with E-state index in [4.69, 9.17) is 9.26 Å². The molecular formula is C15H18N2O3. The summed E-state index contributed by atoms with van der Waals surface area (Å²) in [4.78, 5) is 11.9. The highest BCUT2D eigenvalue weighted by Crippen LogP contribution is 2.15. The predicted octanol–water partition coefficient (Wildman–Crippen LogP) is 2.95. The molecular weight excluding hydrogens is 256 g/mol. The van der Waals surface area contributed by atoms with E-state index >= 15 is 0 Å². The molecule has 0 saturated carbocycles. The Balaban J connectivity index is 1.92.